The van der Waals surface area contributed by atoms with Crippen LogP contribution in [0.3, 0.4) is 0 Å². The molecule has 0 aliphatic carbocycles. The monoisotopic (exact) mass is 333 g/mol. The lowest BCUT2D eigenvalue weighted by atomic mass is 10.1. The third-order valence-corrected chi connectivity index (χ3v) is 4.72. The Hall–Kier alpha value is -2.95. The van der Waals surface area contributed by atoms with Gasteiger partial charge in [0.2, 0.25) is 0 Å². The Bertz CT molecular complexity index is 918. The number of hydrogen-bond acceptors (Lipinski definition) is 4. The summed E-state index contributed by atoms with van der Waals surface area (Å²) >= 11 is 0. The van der Waals surface area contributed by atoms with Gasteiger partial charge in [-0.2, -0.15) is 5.10 Å². The smallest absolute Gasteiger partial charge is 0.163 e. The molecule has 0 spiro atoms. The van der Waals surface area contributed by atoms with Crippen molar-refractivity contribution in [3.63, 3.8) is 0 Å². The minimum atomic E-state index is 0.588. The minimum Gasteiger partial charge on any atom is -0.486 e. The van der Waals surface area contributed by atoms with Crippen molar-refractivity contribution in [2.75, 3.05) is 25.1 Å². The van der Waals surface area contributed by atoms with Crippen LogP contribution in [0.2, 0.25) is 0 Å². The fourth-order valence-electron chi connectivity index (χ4n) is 3.53. The molecule has 2 aliphatic rings. The summed E-state index contributed by atoms with van der Waals surface area (Å²) in [7, 11) is 0. The van der Waals surface area contributed by atoms with Crippen LogP contribution in [0.25, 0.3) is 5.69 Å². The Kier molecular flexibility index (Phi) is 3.37. The van der Waals surface area contributed by atoms with Crippen molar-refractivity contribution in [3.8, 4) is 17.2 Å². The van der Waals surface area contributed by atoms with E-state index in [1.54, 1.807) is 0 Å². The highest BCUT2D eigenvalue weighted by molar-refractivity contribution is 5.59. The molecule has 0 saturated carbocycles. The third-order valence-electron chi connectivity index (χ3n) is 4.72. The van der Waals surface area contributed by atoms with Crippen molar-refractivity contribution in [1.82, 2.24) is 9.78 Å². The molecule has 25 heavy (non-hydrogen) atoms. The Morgan fingerprint density at radius 3 is 2.72 bits per heavy atom. The van der Waals surface area contributed by atoms with Crippen LogP contribution in [0.5, 0.6) is 11.5 Å². The zero-order chi connectivity index (χ0) is 16.6. The largest absolute Gasteiger partial charge is 0.486 e. The highest BCUT2D eigenvalue weighted by atomic mass is 16.6. The lowest BCUT2D eigenvalue weighted by Gasteiger charge is -2.19. The summed E-state index contributed by atoms with van der Waals surface area (Å²) in [5.41, 5.74) is 4.73. The van der Waals surface area contributed by atoms with E-state index < -0.39 is 0 Å². The van der Waals surface area contributed by atoms with Gasteiger partial charge in [0.25, 0.3) is 0 Å². The number of nitrogens with zero attached hydrogens (tertiary/aromatic N) is 2. The molecule has 126 valence electrons. The fourth-order valence-corrected chi connectivity index (χ4v) is 3.53. The van der Waals surface area contributed by atoms with Crippen LogP contribution in [0.15, 0.2) is 48.5 Å². The molecule has 0 radical (unpaired) electrons. The molecule has 0 saturated heterocycles. The molecule has 3 aromatic rings. The third kappa shape index (κ3) is 2.52. The molecule has 2 aromatic carbocycles. The van der Waals surface area contributed by atoms with Crippen LogP contribution in [0.1, 0.15) is 16.8 Å². The highest BCUT2D eigenvalue weighted by Gasteiger charge is 2.24. The maximum atomic E-state index is 5.72. The molecular weight excluding hydrogens is 314 g/mol. The van der Waals surface area contributed by atoms with Crippen molar-refractivity contribution < 1.29 is 9.47 Å². The van der Waals surface area contributed by atoms with Gasteiger partial charge >= 0.3 is 0 Å². The van der Waals surface area contributed by atoms with Gasteiger partial charge in [-0.3, -0.25) is 0 Å². The summed E-state index contributed by atoms with van der Waals surface area (Å²) in [6.45, 7) is 2.15. The van der Waals surface area contributed by atoms with Crippen LogP contribution < -0.4 is 14.8 Å². The zero-order valence-electron chi connectivity index (χ0n) is 13.9. The summed E-state index contributed by atoms with van der Waals surface area (Å²) in [6, 6.07) is 16.5. The van der Waals surface area contributed by atoms with Crippen molar-refractivity contribution in [1.29, 1.82) is 0 Å². The summed E-state index contributed by atoms with van der Waals surface area (Å²) in [5.74, 6) is 2.69. The van der Waals surface area contributed by atoms with E-state index in [4.69, 9.17) is 14.6 Å². The Labute approximate surface area is 146 Å². The van der Waals surface area contributed by atoms with Gasteiger partial charge in [0.1, 0.15) is 19.0 Å². The summed E-state index contributed by atoms with van der Waals surface area (Å²) in [4.78, 5) is 0. The van der Waals surface area contributed by atoms with E-state index in [1.165, 1.54) is 11.1 Å². The van der Waals surface area contributed by atoms with Crippen LogP contribution >= 0.6 is 0 Å². The topological polar surface area (TPSA) is 48.3 Å². The lowest BCUT2D eigenvalue weighted by molar-refractivity contribution is 0.171. The van der Waals surface area contributed by atoms with E-state index in [0.29, 0.717) is 13.2 Å². The standard InChI is InChI=1S/C20H19N3O2/c1-2-4-14(5-3-1)12-17-16-8-9-21-20(16)23(22-17)15-6-7-18-19(13-15)25-11-10-24-18/h1-7,13,21H,8-12H2. The highest BCUT2D eigenvalue weighted by Crippen LogP contribution is 2.35. The Morgan fingerprint density at radius 1 is 1.00 bits per heavy atom. The average Bonchev–Trinajstić information content (AvgIpc) is 3.26. The van der Waals surface area contributed by atoms with E-state index in [9.17, 15) is 0 Å². The van der Waals surface area contributed by atoms with Crippen LogP contribution in [0.4, 0.5) is 5.82 Å². The van der Waals surface area contributed by atoms with Crippen LogP contribution in [-0.4, -0.2) is 29.5 Å². The zero-order valence-corrected chi connectivity index (χ0v) is 13.9. The van der Waals surface area contributed by atoms with Crippen molar-refractivity contribution in [2.24, 2.45) is 0 Å². The maximum Gasteiger partial charge on any atom is 0.163 e. The van der Waals surface area contributed by atoms with Crippen molar-refractivity contribution in [2.45, 2.75) is 12.8 Å². The van der Waals surface area contributed by atoms with Gasteiger partial charge in [-0.1, -0.05) is 30.3 Å². The quantitative estimate of drug-likeness (QED) is 0.800. The molecule has 5 heteroatoms. The first-order valence-corrected chi connectivity index (χ1v) is 8.67. The molecule has 5 rings (SSSR count). The van der Waals surface area contributed by atoms with E-state index >= 15 is 0 Å². The van der Waals surface area contributed by atoms with Gasteiger partial charge in [-0.05, 0) is 24.1 Å². The van der Waals surface area contributed by atoms with Gasteiger partial charge in [-0.15, -0.1) is 0 Å². The number of nitrogens with one attached hydrogen (secondary N) is 1. The van der Waals surface area contributed by atoms with Gasteiger partial charge in [0.05, 0.1) is 11.4 Å². The first kappa shape index (κ1) is 14.4. The fraction of sp³-hybridized carbons (Fsp3) is 0.250. The Morgan fingerprint density at radius 2 is 1.84 bits per heavy atom. The number of ether oxygens (including phenoxy) is 2. The SMILES string of the molecule is c1ccc(Cc2nn(-c3ccc4c(c3)OCCO4)c3c2CCN3)cc1. The maximum absolute atomic E-state index is 5.72. The van der Waals surface area contributed by atoms with Gasteiger partial charge in [-0.25, -0.2) is 4.68 Å². The molecule has 1 aromatic heterocycles. The minimum absolute atomic E-state index is 0.588. The van der Waals surface area contributed by atoms with Crippen LogP contribution in [0, 0.1) is 0 Å². The molecule has 5 nitrogen and oxygen atoms in total. The van der Waals surface area contributed by atoms with E-state index in [2.05, 4.69) is 29.6 Å². The van der Waals surface area contributed by atoms with Gasteiger partial charge in [0.15, 0.2) is 11.5 Å². The second-order valence-corrected chi connectivity index (χ2v) is 6.35. The molecule has 0 unspecified atom stereocenters. The molecule has 0 amide bonds. The second-order valence-electron chi connectivity index (χ2n) is 6.35. The Balaban J connectivity index is 1.55. The number of fused-ring (bicyclic) bond motifs is 2. The van der Waals surface area contributed by atoms with E-state index in [-0.39, 0.29) is 0 Å². The molecule has 3 heterocycles. The first-order chi connectivity index (χ1) is 12.4. The predicted octanol–water partition coefficient (Wildman–Crippen LogP) is 3.20. The molecular formula is C20H19N3O2. The number of anilines is 1. The van der Waals surface area contributed by atoms with Crippen molar-refractivity contribution in [3.05, 3.63) is 65.4 Å². The lowest BCUT2D eigenvalue weighted by Crippen LogP contribution is -2.15. The van der Waals surface area contributed by atoms with E-state index in [0.717, 1.165) is 48.1 Å². The van der Waals surface area contributed by atoms with Crippen LogP contribution in [-0.2, 0) is 12.8 Å². The molecule has 0 atom stereocenters. The number of rotatable bonds is 3. The average molecular weight is 333 g/mol. The number of hydrogen-bond donors (Lipinski definition) is 1. The predicted molar refractivity (Wildman–Crippen MR) is 96.0 cm³/mol. The molecule has 0 fully saturated rings. The molecule has 2 aliphatic heterocycles. The van der Waals surface area contributed by atoms with Gasteiger partial charge in [0, 0.05) is 24.6 Å². The summed E-state index contributed by atoms with van der Waals surface area (Å²) < 4.78 is 13.3. The normalized spacial score (nSPS) is 14.9. The van der Waals surface area contributed by atoms with Gasteiger partial charge < -0.3 is 14.8 Å². The summed E-state index contributed by atoms with van der Waals surface area (Å²) in [5, 5.41) is 8.39. The first-order valence-electron chi connectivity index (χ1n) is 8.67. The number of benzene rings is 2. The number of aromatic nitrogens is 2. The van der Waals surface area contributed by atoms with Crippen molar-refractivity contribution >= 4 is 5.82 Å². The summed E-state index contributed by atoms with van der Waals surface area (Å²) in [6.07, 6.45) is 1.87. The van der Waals surface area contributed by atoms with E-state index in [1.807, 2.05) is 28.9 Å². The second kappa shape index (κ2) is 5.84. The molecule has 1 N–H and O–H groups in total. The molecule has 0 bridgehead atoms.